The maximum absolute atomic E-state index is 12.4. The molecule has 0 saturated carbocycles. The van der Waals surface area contributed by atoms with E-state index in [1.165, 1.54) is 25.4 Å². The normalized spacial score (nSPS) is 11.3. The van der Waals surface area contributed by atoms with E-state index >= 15 is 0 Å². The number of rotatable bonds is 4. The molecule has 0 unspecified atom stereocenters. The van der Waals surface area contributed by atoms with Crippen LogP contribution < -0.4 is 10.4 Å². The maximum Gasteiger partial charge on any atom is 0.417 e. The average molecular weight is 311 g/mol. The van der Waals surface area contributed by atoms with Gasteiger partial charge in [0.25, 0.3) is 0 Å². The second kappa shape index (κ2) is 6.48. The van der Waals surface area contributed by atoms with Crippen molar-refractivity contribution in [3.05, 3.63) is 48.0 Å². The van der Waals surface area contributed by atoms with Crippen LogP contribution in [0.3, 0.4) is 0 Å². The minimum absolute atomic E-state index is 0.0516. The van der Waals surface area contributed by atoms with Crippen molar-refractivity contribution in [2.45, 2.75) is 19.6 Å². The highest BCUT2D eigenvalue weighted by Crippen LogP contribution is 2.28. The summed E-state index contributed by atoms with van der Waals surface area (Å²) < 4.78 is 37.3. The molecule has 22 heavy (non-hydrogen) atoms. The van der Waals surface area contributed by atoms with E-state index in [2.05, 4.69) is 20.4 Å². The van der Waals surface area contributed by atoms with Gasteiger partial charge in [0.1, 0.15) is 0 Å². The molecule has 0 aliphatic carbocycles. The standard InChI is InChI=1S/C13H12F3N5O/c1-9(22)21(12-17-5-2-6-18-12)20-8-11-4-3-10(7-19-11)13(14,15)16/h2-7,20H,8H2,1H3. The smallest absolute Gasteiger partial charge is 0.273 e. The fourth-order valence-electron chi connectivity index (χ4n) is 1.59. The summed E-state index contributed by atoms with van der Waals surface area (Å²) in [4.78, 5) is 23.1. The summed E-state index contributed by atoms with van der Waals surface area (Å²) in [6.45, 7) is 1.36. The van der Waals surface area contributed by atoms with Crippen LogP contribution in [0.1, 0.15) is 18.2 Å². The Bertz CT molecular complexity index is 630. The van der Waals surface area contributed by atoms with Gasteiger partial charge in [0.05, 0.1) is 17.8 Å². The lowest BCUT2D eigenvalue weighted by atomic mass is 10.2. The van der Waals surface area contributed by atoms with Crippen molar-refractivity contribution in [3.63, 3.8) is 0 Å². The number of hydrogen-bond donors (Lipinski definition) is 1. The van der Waals surface area contributed by atoms with Gasteiger partial charge in [0.15, 0.2) is 0 Å². The first-order valence-electron chi connectivity index (χ1n) is 6.21. The first kappa shape index (κ1) is 15.8. The summed E-state index contributed by atoms with van der Waals surface area (Å²) in [5.41, 5.74) is 2.24. The molecule has 0 saturated heterocycles. The molecule has 0 radical (unpaired) electrons. The van der Waals surface area contributed by atoms with Crippen molar-refractivity contribution in [2.75, 3.05) is 5.01 Å². The van der Waals surface area contributed by atoms with E-state index < -0.39 is 11.7 Å². The van der Waals surface area contributed by atoms with E-state index in [1.54, 1.807) is 6.07 Å². The zero-order valence-electron chi connectivity index (χ0n) is 11.5. The van der Waals surface area contributed by atoms with Gasteiger partial charge in [0.2, 0.25) is 11.9 Å². The first-order valence-corrected chi connectivity index (χ1v) is 6.21. The molecule has 0 atom stereocenters. The van der Waals surface area contributed by atoms with E-state index in [9.17, 15) is 18.0 Å². The van der Waals surface area contributed by atoms with Crippen molar-refractivity contribution in [2.24, 2.45) is 0 Å². The topological polar surface area (TPSA) is 71.0 Å². The molecule has 2 heterocycles. The van der Waals surface area contributed by atoms with Gasteiger partial charge < -0.3 is 0 Å². The fourth-order valence-corrected chi connectivity index (χ4v) is 1.59. The molecule has 0 aliphatic heterocycles. The highest BCUT2D eigenvalue weighted by Gasteiger charge is 2.30. The Morgan fingerprint density at radius 3 is 2.41 bits per heavy atom. The van der Waals surface area contributed by atoms with Gasteiger partial charge in [-0.1, -0.05) is 0 Å². The van der Waals surface area contributed by atoms with Crippen LogP contribution in [0.15, 0.2) is 36.8 Å². The minimum Gasteiger partial charge on any atom is -0.273 e. The van der Waals surface area contributed by atoms with Crippen LogP contribution >= 0.6 is 0 Å². The van der Waals surface area contributed by atoms with Gasteiger partial charge in [-0.25, -0.2) is 20.4 Å². The zero-order chi connectivity index (χ0) is 16.2. The number of anilines is 1. The first-order chi connectivity index (χ1) is 10.4. The van der Waals surface area contributed by atoms with Gasteiger partial charge in [-0.2, -0.15) is 13.2 Å². The summed E-state index contributed by atoms with van der Waals surface area (Å²) in [6.07, 6.45) is -0.747. The van der Waals surface area contributed by atoms with Crippen LogP contribution in [0, 0.1) is 0 Å². The molecule has 9 heteroatoms. The highest BCUT2D eigenvalue weighted by atomic mass is 19.4. The molecule has 0 aliphatic rings. The number of nitrogens with zero attached hydrogens (tertiary/aromatic N) is 4. The lowest BCUT2D eigenvalue weighted by Crippen LogP contribution is -2.42. The van der Waals surface area contributed by atoms with Crippen molar-refractivity contribution in [3.8, 4) is 0 Å². The van der Waals surface area contributed by atoms with Crippen LogP contribution in [0.25, 0.3) is 0 Å². The van der Waals surface area contributed by atoms with Crippen LogP contribution in [-0.4, -0.2) is 20.9 Å². The van der Waals surface area contributed by atoms with Crippen LogP contribution in [0.5, 0.6) is 0 Å². The second-order valence-corrected chi connectivity index (χ2v) is 4.27. The molecule has 0 aromatic carbocycles. The number of aromatic nitrogens is 3. The number of alkyl halides is 3. The fraction of sp³-hybridized carbons (Fsp3) is 0.231. The Morgan fingerprint density at radius 1 is 1.23 bits per heavy atom. The van der Waals surface area contributed by atoms with Crippen molar-refractivity contribution >= 4 is 11.9 Å². The summed E-state index contributed by atoms with van der Waals surface area (Å²) >= 11 is 0. The third kappa shape index (κ3) is 3.98. The molecular formula is C13H12F3N5O. The Labute approximate surface area is 124 Å². The summed E-state index contributed by atoms with van der Waals surface area (Å²) in [5, 5.41) is 1.10. The SMILES string of the molecule is CC(=O)N(NCc1ccc(C(F)(F)F)cn1)c1ncccn1. The van der Waals surface area contributed by atoms with Gasteiger partial charge >= 0.3 is 6.18 Å². The molecule has 2 aromatic heterocycles. The molecule has 2 aromatic rings. The number of hydrazine groups is 1. The predicted molar refractivity (Wildman–Crippen MR) is 71.3 cm³/mol. The Kier molecular flexibility index (Phi) is 4.66. The summed E-state index contributed by atoms with van der Waals surface area (Å²) in [6, 6.07) is 3.76. The van der Waals surface area contributed by atoms with E-state index in [4.69, 9.17) is 0 Å². The Hall–Kier alpha value is -2.55. The number of amides is 1. The highest BCUT2D eigenvalue weighted by molar-refractivity contribution is 5.88. The summed E-state index contributed by atoms with van der Waals surface area (Å²) in [7, 11) is 0. The van der Waals surface area contributed by atoms with E-state index in [-0.39, 0.29) is 18.4 Å². The van der Waals surface area contributed by atoms with Crippen LogP contribution in [0.4, 0.5) is 19.1 Å². The summed E-state index contributed by atoms with van der Waals surface area (Å²) in [5.74, 6) is -0.222. The van der Waals surface area contributed by atoms with Gasteiger partial charge in [0, 0.05) is 25.5 Å². The van der Waals surface area contributed by atoms with Crippen molar-refractivity contribution in [1.29, 1.82) is 0 Å². The van der Waals surface area contributed by atoms with E-state index in [0.29, 0.717) is 5.69 Å². The molecule has 1 amide bonds. The third-order valence-electron chi connectivity index (χ3n) is 2.64. The van der Waals surface area contributed by atoms with Crippen LogP contribution in [-0.2, 0) is 17.5 Å². The lowest BCUT2D eigenvalue weighted by Gasteiger charge is -2.19. The van der Waals surface area contributed by atoms with E-state index in [0.717, 1.165) is 17.3 Å². The lowest BCUT2D eigenvalue weighted by molar-refractivity contribution is -0.137. The number of hydrogen-bond acceptors (Lipinski definition) is 5. The Balaban J connectivity index is 2.06. The molecule has 2 rings (SSSR count). The van der Waals surface area contributed by atoms with Gasteiger partial charge in [-0.15, -0.1) is 0 Å². The maximum atomic E-state index is 12.4. The predicted octanol–water partition coefficient (Wildman–Crippen LogP) is 1.95. The van der Waals surface area contributed by atoms with Crippen molar-refractivity contribution < 1.29 is 18.0 Å². The largest absolute Gasteiger partial charge is 0.417 e. The van der Waals surface area contributed by atoms with Gasteiger partial charge in [-0.05, 0) is 18.2 Å². The average Bonchev–Trinajstić information content (AvgIpc) is 2.48. The molecule has 0 bridgehead atoms. The number of halogens is 3. The molecule has 1 N–H and O–H groups in total. The second-order valence-electron chi connectivity index (χ2n) is 4.27. The molecule has 116 valence electrons. The monoisotopic (exact) mass is 311 g/mol. The van der Waals surface area contributed by atoms with Crippen LogP contribution in [0.2, 0.25) is 0 Å². The van der Waals surface area contributed by atoms with Crippen molar-refractivity contribution in [1.82, 2.24) is 20.4 Å². The zero-order valence-corrected chi connectivity index (χ0v) is 11.5. The number of nitrogens with one attached hydrogen (secondary N) is 1. The number of pyridine rings is 1. The third-order valence-corrected chi connectivity index (χ3v) is 2.64. The molecular weight excluding hydrogens is 299 g/mol. The Morgan fingerprint density at radius 2 is 1.91 bits per heavy atom. The molecule has 6 nitrogen and oxygen atoms in total. The van der Waals surface area contributed by atoms with Gasteiger partial charge in [-0.3, -0.25) is 9.78 Å². The van der Waals surface area contributed by atoms with E-state index in [1.807, 2.05) is 0 Å². The molecule has 0 spiro atoms. The quantitative estimate of drug-likeness (QED) is 0.874. The minimum atomic E-state index is -4.43. The number of carbonyl (C=O) groups excluding carboxylic acids is 1. The number of carbonyl (C=O) groups is 1. The molecule has 0 fully saturated rings.